The Bertz CT molecular complexity index is 225. The summed E-state index contributed by atoms with van der Waals surface area (Å²) in [4.78, 5) is 0. The molecular weight excluding hydrogens is 172 g/mol. The molecule has 3 rings (SSSR count). The van der Waals surface area contributed by atoms with Crippen LogP contribution in [0.3, 0.4) is 0 Å². The summed E-state index contributed by atoms with van der Waals surface area (Å²) >= 11 is 0. The van der Waals surface area contributed by atoms with Crippen molar-refractivity contribution in [2.75, 3.05) is 7.11 Å². The second-order valence-corrected chi connectivity index (χ2v) is 5.76. The molecule has 1 heteroatoms. The molecule has 3 aliphatic carbocycles. The molecule has 0 heterocycles. The van der Waals surface area contributed by atoms with Crippen LogP contribution in [0.4, 0.5) is 0 Å². The highest BCUT2D eigenvalue weighted by molar-refractivity contribution is 5.03. The molecule has 0 spiro atoms. The lowest BCUT2D eigenvalue weighted by molar-refractivity contribution is 0.0211. The van der Waals surface area contributed by atoms with Crippen molar-refractivity contribution in [1.29, 1.82) is 0 Å². The maximum Gasteiger partial charge on any atom is 0.0574 e. The van der Waals surface area contributed by atoms with E-state index in [-0.39, 0.29) is 0 Å². The first-order valence-electron chi connectivity index (χ1n) is 6.34. The van der Waals surface area contributed by atoms with Gasteiger partial charge in [0.2, 0.25) is 0 Å². The van der Waals surface area contributed by atoms with E-state index < -0.39 is 0 Å². The molecular formula is C13H22O. The zero-order chi connectivity index (χ0) is 9.71. The predicted molar refractivity (Wildman–Crippen MR) is 57.0 cm³/mol. The molecule has 2 bridgehead atoms. The van der Waals surface area contributed by atoms with Gasteiger partial charge in [0.25, 0.3) is 0 Å². The van der Waals surface area contributed by atoms with Crippen molar-refractivity contribution in [3.8, 4) is 0 Å². The largest absolute Gasteiger partial charge is 0.381 e. The molecule has 1 nitrogen and oxygen atoms in total. The van der Waals surface area contributed by atoms with Crippen LogP contribution >= 0.6 is 0 Å². The van der Waals surface area contributed by atoms with Gasteiger partial charge >= 0.3 is 0 Å². The lowest BCUT2D eigenvalue weighted by Gasteiger charge is -2.34. The molecule has 0 N–H and O–H groups in total. The molecule has 14 heavy (non-hydrogen) atoms. The van der Waals surface area contributed by atoms with Gasteiger partial charge in [0.1, 0.15) is 0 Å². The van der Waals surface area contributed by atoms with Crippen LogP contribution in [0.5, 0.6) is 0 Å². The van der Waals surface area contributed by atoms with E-state index in [0.29, 0.717) is 6.10 Å². The number of methoxy groups -OCH3 is 1. The van der Waals surface area contributed by atoms with Crippen LogP contribution in [-0.4, -0.2) is 13.2 Å². The molecule has 80 valence electrons. The first kappa shape index (κ1) is 9.21. The van der Waals surface area contributed by atoms with Crippen molar-refractivity contribution in [2.24, 2.45) is 29.6 Å². The van der Waals surface area contributed by atoms with E-state index in [1.807, 2.05) is 7.11 Å². The summed E-state index contributed by atoms with van der Waals surface area (Å²) in [5, 5.41) is 0. The highest BCUT2D eigenvalue weighted by Gasteiger charge is 2.54. The molecule has 0 radical (unpaired) electrons. The molecule has 0 aromatic rings. The van der Waals surface area contributed by atoms with Crippen LogP contribution in [0.1, 0.15) is 39.0 Å². The average molecular weight is 194 g/mol. The van der Waals surface area contributed by atoms with Crippen LogP contribution in [0.25, 0.3) is 0 Å². The molecule has 6 unspecified atom stereocenters. The van der Waals surface area contributed by atoms with Gasteiger partial charge in [0.15, 0.2) is 0 Å². The Morgan fingerprint density at radius 1 is 1.07 bits per heavy atom. The molecule has 6 atom stereocenters. The summed E-state index contributed by atoms with van der Waals surface area (Å²) < 4.78 is 5.54. The first-order chi connectivity index (χ1) is 6.81. The van der Waals surface area contributed by atoms with Crippen LogP contribution < -0.4 is 0 Å². The summed E-state index contributed by atoms with van der Waals surface area (Å²) in [6, 6.07) is 0. The van der Waals surface area contributed by atoms with Gasteiger partial charge in [-0.1, -0.05) is 6.42 Å². The number of rotatable bonds is 2. The van der Waals surface area contributed by atoms with Crippen molar-refractivity contribution in [3.63, 3.8) is 0 Å². The Labute approximate surface area is 87.2 Å². The monoisotopic (exact) mass is 194 g/mol. The number of ether oxygens (including phenoxy) is 1. The van der Waals surface area contributed by atoms with Crippen LogP contribution in [0.2, 0.25) is 0 Å². The van der Waals surface area contributed by atoms with Crippen molar-refractivity contribution in [3.05, 3.63) is 0 Å². The minimum Gasteiger partial charge on any atom is -0.381 e. The Morgan fingerprint density at radius 3 is 2.64 bits per heavy atom. The molecule has 0 aliphatic heterocycles. The van der Waals surface area contributed by atoms with Crippen LogP contribution in [-0.2, 0) is 4.74 Å². The van der Waals surface area contributed by atoms with E-state index >= 15 is 0 Å². The van der Waals surface area contributed by atoms with Gasteiger partial charge in [-0.3, -0.25) is 0 Å². The quantitative estimate of drug-likeness (QED) is 0.656. The van der Waals surface area contributed by atoms with Gasteiger partial charge in [0.05, 0.1) is 6.10 Å². The summed E-state index contributed by atoms with van der Waals surface area (Å²) in [6.07, 6.45) is 8.09. The number of hydrogen-bond donors (Lipinski definition) is 0. The van der Waals surface area contributed by atoms with Crippen molar-refractivity contribution in [1.82, 2.24) is 0 Å². The number of fused-ring (bicyclic) bond motifs is 5. The SMILES string of the molecule is COC(C)C1CC2CC1C1CCCC21. The topological polar surface area (TPSA) is 9.23 Å². The molecule has 0 aromatic carbocycles. The highest BCUT2D eigenvalue weighted by atomic mass is 16.5. The second-order valence-electron chi connectivity index (χ2n) is 5.76. The van der Waals surface area contributed by atoms with Gasteiger partial charge < -0.3 is 4.74 Å². The standard InChI is InChI=1S/C13H22O/c1-8(14-2)12-6-9-7-13(12)11-5-3-4-10(9)11/h8-13H,3-7H2,1-2H3. The third-order valence-corrected chi connectivity index (χ3v) is 5.45. The Balaban J connectivity index is 1.77. The van der Waals surface area contributed by atoms with Crippen LogP contribution in [0.15, 0.2) is 0 Å². The summed E-state index contributed by atoms with van der Waals surface area (Å²) in [5.41, 5.74) is 0. The minimum absolute atomic E-state index is 0.506. The second kappa shape index (κ2) is 3.23. The fourth-order valence-corrected chi connectivity index (χ4v) is 4.84. The van der Waals surface area contributed by atoms with E-state index in [1.165, 1.54) is 25.7 Å². The van der Waals surface area contributed by atoms with Crippen molar-refractivity contribution >= 4 is 0 Å². The summed E-state index contributed by atoms with van der Waals surface area (Å²) in [6.45, 7) is 2.27. The van der Waals surface area contributed by atoms with E-state index in [0.717, 1.165) is 29.6 Å². The van der Waals surface area contributed by atoms with Crippen molar-refractivity contribution < 1.29 is 4.74 Å². The molecule has 3 saturated carbocycles. The number of hydrogen-bond acceptors (Lipinski definition) is 1. The van der Waals surface area contributed by atoms with Gasteiger partial charge in [-0.25, -0.2) is 0 Å². The third-order valence-electron chi connectivity index (χ3n) is 5.45. The van der Waals surface area contributed by atoms with E-state index in [1.54, 1.807) is 6.42 Å². The fraction of sp³-hybridized carbons (Fsp3) is 1.00. The van der Waals surface area contributed by atoms with E-state index in [4.69, 9.17) is 4.74 Å². The van der Waals surface area contributed by atoms with E-state index in [9.17, 15) is 0 Å². The Morgan fingerprint density at radius 2 is 1.86 bits per heavy atom. The minimum atomic E-state index is 0.506. The first-order valence-corrected chi connectivity index (χ1v) is 6.34. The van der Waals surface area contributed by atoms with E-state index in [2.05, 4.69) is 6.92 Å². The Kier molecular flexibility index (Phi) is 2.12. The smallest absolute Gasteiger partial charge is 0.0574 e. The van der Waals surface area contributed by atoms with Gasteiger partial charge in [-0.05, 0) is 62.2 Å². The maximum atomic E-state index is 5.54. The lowest BCUT2D eigenvalue weighted by atomic mass is 9.74. The summed E-state index contributed by atoms with van der Waals surface area (Å²) in [5.74, 6) is 5.22. The predicted octanol–water partition coefficient (Wildman–Crippen LogP) is 3.09. The average Bonchev–Trinajstić information content (AvgIpc) is 2.86. The maximum absolute atomic E-state index is 5.54. The Hall–Kier alpha value is -0.0400. The zero-order valence-electron chi connectivity index (χ0n) is 9.41. The molecule has 0 amide bonds. The fourth-order valence-electron chi connectivity index (χ4n) is 4.84. The zero-order valence-corrected chi connectivity index (χ0v) is 9.41. The third kappa shape index (κ3) is 1.11. The lowest BCUT2D eigenvalue weighted by Crippen LogP contribution is -2.31. The van der Waals surface area contributed by atoms with Crippen LogP contribution in [0, 0.1) is 29.6 Å². The van der Waals surface area contributed by atoms with Gasteiger partial charge in [-0.15, -0.1) is 0 Å². The molecule has 3 aliphatic rings. The van der Waals surface area contributed by atoms with Crippen molar-refractivity contribution in [2.45, 2.75) is 45.1 Å². The normalized spacial score (nSPS) is 52.3. The molecule has 0 aromatic heterocycles. The van der Waals surface area contributed by atoms with Gasteiger partial charge in [-0.2, -0.15) is 0 Å². The molecule has 3 fully saturated rings. The highest BCUT2D eigenvalue weighted by Crippen LogP contribution is 2.61. The molecule has 0 saturated heterocycles. The summed E-state index contributed by atoms with van der Waals surface area (Å²) in [7, 11) is 1.88. The van der Waals surface area contributed by atoms with Gasteiger partial charge in [0, 0.05) is 7.11 Å².